The van der Waals surface area contributed by atoms with Crippen LogP contribution in [-0.4, -0.2) is 27.6 Å². The maximum absolute atomic E-state index is 12.2. The van der Waals surface area contributed by atoms with Gasteiger partial charge in [0.2, 0.25) is 5.78 Å². The highest BCUT2D eigenvalue weighted by Gasteiger charge is 2.21. The fraction of sp³-hybridized carbons (Fsp3) is 0.143. The third kappa shape index (κ3) is 5.11. The second-order valence-corrected chi connectivity index (χ2v) is 7.17. The third-order valence-electron chi connectivity index (χ3n) is 4.03. The van der Waals surface area contributed by atoms with Gasteiger partial charge >= 0.3 is 5.97 Å². The lowest BCUT2D eigenvalue weighted by Crippen LogP contribution is -2.21. The Labute approximate surface area is 166 Å². The smallest absolute Gasteiger partial charge is 0.372 e. The summed E-state index contributed by atoms with van der Waals surface area (Å²) in [4.78, 5) is 40.8. The first kappa shape index (κ1) is 19.4. The van der Waals surface area contributed by atoms with Crippen LogP contribution in [-0.2, 0) is 22.7 Å². The molecule has 0 atom stereocenters. The van der Waals surface area contributed by atoms with Crippen LogP contribution in [0.2, 0.25) is 0 Å². The summed E-state index contributed by atoms with van der Waals surface area (Å²) in [5, 5.41) is 9.32. The highest BCUT2D eigenvalue weighted by Crippen LogP contribution is 2.27. The summed E-state index contributed by atoms with van der Waals surface area (Å²) in [5.41, 5.74) is 2.20. The molecule has 0 radical (unpaired) electrons. The van der Waals surface area contributed by atoms with E-state index in [1.807, 2.05) is 65.6 Å². The molecule has 142 valence electrons. The quantitative estimate of drug-likeness (QED) is 0.339. The lowest BCUT2D eigenvalue weighted by atomic mass is 10.2. The molecule has 2 aromatic carbocycles. The van der Waals surface area contributed by atoms with Gasteiger partial charge in [-0.25, -0.2) is 9.78 Å². The Kier molecular flexibility index (Phi) is 6.29. The highest BCUT2D eigenvalue weighted by atomic mass is 32.1. The number of rotatable bonds is 9. The number of hydrogen-bond acceptors (Lipinski definition) is 6. The van der Waals surface area contributed by atoms with E-state index in [0.29, 0.717) is 18.2 Å². The number of Topliss-reactive ketones (excluding diaryl/α,β-unsaturated/α-hetero) is 2. The van der Waals surface area contributed by atoms with Crippen molar-refractivity contribution in [2.75, 3.05) is 4.90 Å². The van der Waals surface area contributed by atoms with E-state index < -0.39 is 24.0 Å². The van der Waals surface area contributed by atoms with Gasteiger partial charge in [0.05, 0.1) is 17.5 Å². The van der Waals surface area contributed by atoms with Crippen molar-refractivity contribution in [3.8, 4) is 0 Å². The number of carbonyl (C=O) groups is 3. The summed E-state index contributed by atoms with van der Waals surface area (Å²) in [6.45, 7) is 1.20. The van der Waals surface area contributed by atoms with E-state index in [9.17, 15) is 14.4 Å². The summed E-state index contributed by atoms with van der Waals surface area (Å²) in [7, 11) is 0. The third-order valence-corrected chi connectivity index (χ3v) is 5.13. The zero-order valence-corrected chi connectivity index (χ0v) is 15.8. The van der Waals surface area contributed by atoms with Gasteiger partial charge in [-0.3, -0.25) is 9.59 Å². The van der Waals surface area contributed by atoms with Crippen molar-refractivity contribution in [3.05, 3.63) is 82.9 Å². The summed E-state index contributed by atoms with van der Waals surface area (Å²) in [6, 6.07) is 19.8. The van der Waals surface area contributed by atoms with E-state index in [0.717, 1.165) is 22.5 Å². The predicted octanol–water partition coefficient (Wildman–Crippen LogP) is 3.58. The Hall–Kier alpha value is -3.32. The van der Waals surface area contributed by atoms with E-state index >= 15 is 0 Å². The average molecular weight is 394 g/mol. The number of carboxylic acid groups (broad SMARTS) is 1. The molecule has 0 fully saturated rings. The second kappa shape index (κ2) is 9.05. The van der Waals surface area contributed by atoms with Gasteiger partial charge in [0.15, 0.2) is 10.9 Å². The summed E-state index contributed by atoms with van der Waals surface area (Å²) in [5.74, 6) is -3.26. The van der Waals surface area contributed by atoms with Gasteiger partial charge in [-0.2, -0.15) is 0 Å². The summed E-state index contributed by atoms with van der Waals surface area (Å²) >= 11 is 1.16. The number of thiazole rings is 1. The summed E-state index contributed by atoms with van der Waals surface area (Å²) < 4.78 is 0. The van der Waals surface area contributed by atoms with Crippen LogP contribution in [0.15, 0.2) is 66.9 Å². The van der Waals surface area contributed by atoms with Crippen LogP contribution in [0.1, 0.15) is 27.2 Å². The standard InChI is InChI=1S/C21H18N2O4S/c24-17(11-18(25)20(26)27)19-12-22-21(28-19)23(13-15-7-3-1-4-8-15)14-16-9-5-2-6-10-16/h1-10,12H,11,13-14H2,(H,26,27). The molecule has 0 aliphatic carbocycles. The van der Waals surface area contributed by atoms with Crippen molar-refractivity contribution < 1.29 is 19.5 Å². The number of nitrogens with zero attached hydrogens (tertiary/aromatic N) is 2. The highest BCUT2D eigenvalue weighted by molar-refractivity contribution is 7.17. The first-order chi connectivity index (χ1) is 13.5. The maximum Gasteiger partial charge on any atom is 0.372 e. The molecule has 1 N–H and O–H groups in total. The van der Waals surface area contributed by atoms with Crippen LogP contribution in [0, 0.1) is 0 Å². The molecule has 0 saturated heterocycles. The van der Waals surface area contributed by atoms with Gasteiger partial charge < -0.3 is 10.0 Å². The number of hydrogen-bond donors (Lipinski definition) is 1. The lowest BCUT2D eigenvalue weighted by molar-refractivity contribution is -0.148. The molecule has 7 heteroatoms. The Morgan fingerprint density at radius 2 is 1.43 bits per heavy atom. The van der Waals surface area contributed by atoms with Crippen LogP contribution in [0.25, 0.3) is 0 Å². The predicted molar refractivity (Wildman–Crippen MR) is 106 cm³/mol. The largest absolute Gasteiger partial charge is 0.475 e. The number of aliphatic carboxylic acids is 1. The molecular formula is C21H18N2O4S. The number of aromatic nitrogens is 1. The van der Waals surface area contributed by atoms with Crippen LogP contribution in [0.3, 0.4) is 0 Å². The molecule has 1 heterocycles. The van der Waals surface area contributed by atoms with Gasteiger partial charge in [-0.15, -0.1) is 0 Å². The minimum absolute atomic E-state index is 0.274. The molecule has 6 nitrogen and oxygen atoms in total. The van der Waals surface area contributed by atoms with E-state index in [4.69, 9.17) is 5.11 Å². The lowest BCUT2D eigenvalue weighted by Gasteiger charge is -2.22. The number of carboxylic acids is 1. The average Bonchev–Trinajstić information content (AvgIpc) is 3.19. The van der Waals surface area contributed by atoms with Gasteiger partial charge in [0.25, 0.3) is 0 Å². The number of benzene rings is 2. The van der Waals surface area contributed by atoms with Gasteiger partial charge in [-0.05, 0) is 11.1 Å². The zero-order chi connectivity index (χ0) is 19.9. The Morgan fingerprint density at radius 1 is 0.893 bits per heavy atom. The van der Waals surface area contributed by atoms with Gasteiger partial charge in [0.1, 0.15) is 0 Å². The van der Waals surface area contributed by atoms with Crippen molar-refractivity contribution >= 4 is 34.0 Å². The van der Waals surface area contributed by atoms with Crippen LogP contribution in [0.4, 0.5) is 5.13 Å². The van der Waals surface area contributed by atoms with E-state index in [2.05, 4.69) is 4.98 Å². The van der Waals surface area contributed by atoms with E-state index in [1.165, 1.54) is 6.20 Å². The molecular weight excluding hydrogens is 376 g/mol. The Morgan fingerprint density at radius 3 is 1.93 bits per heavy atom. The minimum atomic E-state index is -1.60. The Bertz CT molecular complexity index is 929. The molecule has 0 saturated carbocycles. The van der Waals surface area contributed by atoms with E-state index in [1.54, 1.807) is 0 Å². The van der Waals surface area contributed by atoms with Crippen LogP contribution in [0.5, 0.6) is 0 Å². The summed E-state index contributed by atoms with van der Waals surface area (Å²) in [6.07, 6.45) is 0.745. The fourth-order valence-corrected chi connectivity index (χ4v) is 3.50. The van der Waals surface area contributed by atoms with Crippen molar-refractivity contribution in [2.24, 2.45) is 0 Å². The van der Waals surface area contributed by atoms with Crippen molar-refractivity contribution in [2.45, 2.75) is 19.5 Å². The van der Waals surface area contributed by atoms with Crippen molar-refractivity contribution in [1.29, 1.82) is 0 Å². The van der Waals surface area contributed by atoms with Gasteiger partial charge in [-0.1, -0.05) is 72.0 Å². The molecule has 3 aromatic rings. The molecule has 0 bridgehead atoms. The minimum Gasteiger partial charge on any atom is -0.475 e. The number of carbonyl (C=O) groups excluding carboxylic acids is 2. The first-order valence-corrected chi connectivity index (χ1v) is 9.42. The second-order valence-electron chi connectivity index (χ2n) is 6.16. The molecule has 0 aliphatic heterocycles. The fourth-order valence-electron chi connectivity index (χ4n) is 2.65. The first-order valence-electron chi connectivity index (χ1n) is 8.61. The molecule has 28 heavy (non-hydrogen) atoms. The monoisotopic (exact) mass is 394 g/mol. The topological polar surface area (TPSA) is 87.6 Å². The maximum atomic E-state index is 12.2. The number of ketones is 2. The molecule has 0 aliphatic rings. The molecule has 1 aromatic heterocycles. The molecule has 0 unspecified atom stereocenters. The van der Waals surface area contributed by atoms with Crippen LogP contribution < -0.4 is 4.90 Å². The van der Waals surface area contributed by atoms with Crippen molar-refractivity contribution in [3.63, 3.8) is 0 Å². The van der Waals surface area contributed by atoms with Gasteiger partial charge in [0, 0.05) is 13.1 Å². The normalized spacial score (nSPS) is 10.4. The number of anilines is 1. The molecule has 3 rings (SSSR count). The zero-order valence-electron chi connectivity index (χ0n) is 14.9. The van der Waals surface area contributed by atoms with Crippen LogP contribution >= 0.6 is 11.3 Å². The van der Waals surface area contributed by atoms with Crippen molar-refractivity contribution in [1.82, 2.24) is 4.98 Å². The van der Waals surface area contributed by atoms with E-state index in [-0.39, 0.29) is 4.88 Å². The molecule has 0 spiro atoms. The molecule has 0 amide bonds. The SMILES string of the molecule is O=C(O)C(=O)CC(=O)c1cnc(N(Cc2ccccc2)Cc2ccccc2)s1. The Balaban J connectivity index is 1.81.